The molecule has 0 atom stereocenters. The minimum Gasteiger partial charge on any atom is -0.313 e. The van der Waals surface area contributed by atoms with Gasteiger partial charge in [0.05, 0.1) is 17.2 Å². The van der Waals surface area contributed by atoms with Gasteiger partial charge in [-0.05, 0) is 34.5 Å². The van der Waals surface area contributed by atoms with Gasteiger partial charge in [-0.15, -0.1) is 0 Å². The number of aromatic nitrogens is 2. The summed E-state index contributed by atoms with van der Waals surface area (Å²) in [7, 11) is 0. The first-order valence-corrected chi connectivity index (χ1v) is 4.62. The van der Waals surface area contributed by atoms with Crippen LogP contribution in [0.4, 0.5) is 0 Å². The van der Waals surface area contributed by atoms with E-state index in [1.165, 1.54) is 6.33 Å². The van der Waals surface area contributed by atoms with Crippen molar-refractivity contribution in [2.75, 3.05) is 0 Å². The number of nitrogens with zero attached hydrogens (tertiary/aromatic N) is 1. The molecule has 66 valence electrons. The third-order valence-corrected chi connectivity index (χ3v) is 2.59. The molecule has 0 aliphatic carbocycles. The minimum atomic E-state index is -0.0937. The Morgan fingerprint density at radius 1 is 1.46 bits per heavy atom. The molecule has 0 saturated carbocycles. The third kappa shape index (κ3) is 1.27. The lowest BCUT2D eigenvalue weighted by Crippen LogP contribution is -2.07. The lowest BCUT2D eigenvalue weighted by molar-refractivity contribution is 1.16. The second kappa shape index (κ2) is 2.96. The van der Waals surface area contributed by atoms with Crippen molar-refractivity contribution in [3.8, 4) is 0 Å². The van der Waals surface area contributed by atoms with Gasteiger partial charge in [-0.25, -0.2) is 4.98 Å². The zero-order valence-corrected chi connectivity index (χ0v) is 8.55. The Labute approximate surface area is 82.9 Å². The molecular weight excluding hydrogens is 232 g/mol. The average Bonchev–Trinajstić information content (AvgIpc) is 2.12. The number of rotatable bonds is 0. The minimum absolute atomic E-state index is 0.0937. The van der Waals surface area contributed by atoms with E-state index in [4.69, 9.17) is 0 Å². The number of benzene rings is 1. The molecular formula is C9H7BrN2O. The van der Waals surface area contributed by atoms with E-state index in [-0.39, 0.29) is 5.56 Å². The fourth-order valence-corrected chi connectivity index (χ4v) is 1.74. The van der Waals surface area contributed by atoms with Gasteiger partial charge in [0.25, 0.3) is 5.56 Å². The summed E-state index contributed by atoms with van der Waals surface area (Å²) in [5.41, 5.74) is 1.56. The molecule has 1 aromatic heterocycles. The van der Waals surface area contributed by atoms with Gasteiger partial charge < -0.3 is 4.98 Å². The molecule has 2 rings (SSSR count). The Kier molecular flexibility index (Phi) is 1.92. The summed E-state index contributed by atoms with van der Waals surface area (Å²) in [6.07, 6.45) is 1.41. The molecule has 0 aliphatic heterocycles. The van der Waals surface area contributed by atoms with Gasteiger partial charge in [-0.2, -0.15) is 0 Å². The van der Waals surface area contributed by atoms with Crippen LogP contribution in [0.5, 0.6) is 0 Å². The van der Waals surface area contributed by atoms with Crippen LogP contribution < -0.4 is 5.56 Å². The highest BCUT2D eigenvalue weighted by Crippen LogP contribution is 2.21. The summed E-state index contributed by atoms with van der Waals surface area (Å²) in [6, 6.07) is 3.79. The summed E-state index contributed by atoms with van der Waals surface area (Å²) >= 11 is 3.35. The second-order valence-electron chi connectivity index (χ2n) is 2.82. The van der Waals surface area contributed by atoms with E-state index in [9.17, 15) is 4.79 Å². The number of hydrogen-bond acceptors (Lipinski definition) is 2. The molecule has 0 radical (unpaired) electrons. The summed E-state index contributed by atoms with van der Waals surface area (Å²) in [5.74, 6) is 0. The number of fused-ring (bicyclic) bond motifs is 1. The van der Waals surface area contributed by atoms with Crippen molar-refractivity contribution in [3.05, 3.63) is 38.9 Å². The van der Waals surface area contributed by atoms with Crippen molar-refractivity contribution in [3.63, 3.8) is 0 Å². The number of aromatic amines is 1. The number of aryl methyl sites for hydroxylation is 1. The molecule has 1 aromatic carbocycles. The number of halogens is 1. The summed E-state index contributed by atoms with van der Waals surface area (Å²) in [6.45, 7) is 1.89. The number of H-pyrrole nitrogens is 1. The van der Waals surface area contributed by atoms with Crippen LogP contribution in [0.2, 0.25) is 0 Å². The van der Waals surface area contributed by atoms with Crippen LogP contribution >= 0.6 is 15.9 Å². The van der Waals surface area contributed by atoms with E-state index in [1.807, 2.05) is 19.1 Å². The van der Waals surface area contributed by atoms with Crippen molar-refractivity contribution in [1.82, 2.24) is 9.97 Å². The highest BCUT2D eigenvalue weighted by atomic mass is 79.9. The van der Waals surface area contributed by atoms with Gasteiger partial charge in [0.2, 0.25) is 0 Å². The molecule has 0 fully saturated rings. The fourth-order valence-electron chi connectivity index (χ4n) is 1.31. The predicted molar refractivity (Wildman–Crippen MR) is 54.8 cm³/mol. The van der Waals surface area contributed by atoms with Crippen molar-refractivity contribution in [2.24, 2.45) is 0 Å². The van der Waals surface area contributed by atoms with Crippen molar-refractivity contribution in [2.45, 2.75) is 6.92 Å². The Hall–Kier alpha value is -1.16. The molecule has 0 bridgehead atoms. The van der Waals surface area contributed by atoms with Crippen LogP contribution in [-0.4, -0.2) is 9.97 Å². The molecule has 2 aromatic rings. The van der Waals surface area contributed by atoms with Crippen molar-refractivity contribution in [1.29, 1.82) is 0 Å². The zero-order valence-electron chi connectivity index (χ0n) is 6.97. The van der Waals surface area contributed by atoms with Crippen molar-refractivity contribution < 1.29 is 0 Å². The van der Waals surface area contributed by atoms with Gasteiger partial charge in [-0.1, -0.05) is 6.07 Å². The predicted octanol–water partition coefficient (Wildman–Crippen LogP) is 1.99. The average molecular weight is 239 g/mol. The van der Waals surface area contributed by atoms with E-state index in [0.717, 1.165) is 10.0 Å². The van der Waals surface area contributed by atoms with E-state index < -0.39 is 0 Å². The Morgan fingerprint density at radius 2 is 2.23 bits per heavy atom. The molecule has 1 N–H and O–H groups in total. The highest BCUT2D eigenvalue weighted by molar-refractivity contribution is 9.10. The standard InChI is InChI=1S/C9H7BrN2O/c1-5-2-3-6(10)8-7(5)9(13)12-4-11-8/h2-4H,1H3,(H,11,12,13). The molecule has 0 amide bonds. The SMILES string of the molecule is Cc1ccc(Br)c2nc[nH]c(=O)c12. The molecule has 13 heavy (non-hydrogen) atoms. The number of hydrogen-bond donors (Lipinski definition) is 1. The van der Waals surface area contributed by atoms with E-state index in [1.54, 1.807) is 0 Å². The van der Waals surface area contributed by atoms with E-state index >= 15 is 0 Å². The summed E-state index contributed by atoms with van der Waals surface area (Å²) in [5, 5.41) is 0.650. The zero-order chi connectivity index (χ0) is 9.42. The van der Waals surface area contributed by atoms with Crippen LogP contribution in [0.25, 0.3) is 10.9 Å². The topological polar surface area (TPSA) is 45.8 Å². The summed E-state index contributed by atoms with van der Waals surface area (Å²) in [4.78, 5) is 18.1. The maximum absolute atomic E-state index is 11.4. The molecule has 0 saturated heterocycles. The smallest absolute Gasteiger partial charge is 0.258 e. The van der Waals surface area contributed by atoms with E-state index in [0.29, 0.717) is 10.9 Å². The van der Waals surface area contributed by atoms with Gasteiger partial charge in [0, 0.05) is 4.47 Å². The maximum atomic E-state index is 11.4. The Balaban J connectivity index is 3.09. The monoisotopic (exact) mass is 238 g/mol. The molecule has 0 aliphatic rings. The molecule has 1 heterocycles. The van der Waals surface area contributed by atoms with Crippen LogP contribution in [0.1, 0.15) is 5.56 Å². The van der Waals surface area contributed by atoms with Crippen LogP contribution in [0, 0.1) is 6.92 Å². The lowest BCUT2D eigenvalue weighted by atomic mass is 10.1. The summed E-state index contributed by atoms with van der Waals surface area (Å²) < 4.78 is 0.846. The molecule has 4 heteroatoms. The normalized spacial score (nSPS) is 10.6. The Morgan fingerprint density at radius 3 is 2.92 bits per heavy atom. The maximum Gasteiger partial charge on any atom is 0.258 e. The van der Waals surface area contributed by atoms with Gasteiger partial charge in [-0.3, -0.25) is 4.79 Å². The first-order valence-electron chi connectivity index (χ1n) is 3.82. The van der Waals surface area contributed by atoms with E-state index in [2.05, 4.69) is 25.9 Å². The van der Waals surface area contributed by atoms with Crippen molar-refractivity contribution >= 4 is 26.8 Å². The van der Waals surface area contributed by atoms with Crippen LogP contribution in [-0.2, 0) is 0 Å². The van der Waals surface area contributed by atoms with Gasteiger partial charge >= 0.3 is 0 Å². The van der Waals surface area contributed by atoms with Crippen LogP contribution in [0.3, 0.4) is 0 Å². The molecule has 0 unspecified atom stereocenters. The largest absolute Gasteiger partial charge is 0.313 e. The quantitative estimate of drug-likeness (QED) is 0.764. The van der Waals surface area contributed by atoms with Crippen LogP contribution in [0.15, 0.2) is 27.7 Å². The lowest BCUT2D eigenvalue weighted by Gasteiger charge is -2.00. The third-order valence-electron chi connectivity index (χ3n) is 1.95. The Bertz CT molecular complexity index is 518. The van der Waals surface area contributed by atoms with Gasteiger partial charge in [0.1, 0.15) is 0 Å². The van der Waals surface area contributed by atoms with Gasteiger partial charge in [0.15, 0.2) is 0 Å². The fraction of sp³-hybridized carbons (Fsp3) is 0.111. The number of nitrogens with one attached hydrogen (secondary N) is 1. The molecule has 0 spiro atoms. The second-order valence-corrected chi connectivity index (χ2v) is 3.67. The highest BCUT2D eigenvalue weighted by Gasteiger charge is 2.05. The molecule has 3 nitrogen and oxygen atoms in total. The first kappa shape index (κ1) is 8.44. The first-order chi connectivity index (χ1) is 6.20.